The van der Waals surface area contributed by atoms with E-state index in [1.165, 1.54) is 11.0 Å². The fourth-order valence-electron chi connectivity index (χ4n) is 5.51. The number of carbonyl (C=O) groups excluding carboxylic acids is 3. The zero-order valence-corrected chi connectivity index (χ0v) is 29.4. The van der Waals surface area contributed by atoms with Gasteiger partial charge in [-0.2, -0.15) is 19.6 Å². The first-order valence-electron chi connectivity index (χ1n) is 16.7. The van der Waals surface area contributed by atoms with Crippen molar-refractivity contribution < 1.29 is 28.6 Å². The minimum atomic E-state index is -1.13. The number of aliphatic hydroxyl groups excluding tert-OH is 1. The zero-order chi connectivity index (χ0) is 36.9. The highest BCUT2D eigenvalue weighted by Crippen LogP contribution is 2.25. The van der Waals surface area contributed by atoms with Crippen molar-refractivity contribution in [2.24, 2.45) is 5.92 Å². The molecule has 1 saturated heterocycles. The summed E-state index contributed by atoms with van der Waals surface area (Å²) in [5.74, 6) is -1.71. The quantitative estimate of drug-likeness (QED) is 0.125. The number of carbonyl (C=O) groups is 3. The summed E-state index contributed by atoms with van der Waals surface area (Å²) < 4.78 is 20.2. The van der Waals surface area contributed by atoms with Crippen molar-refractivity contribution in [3.8, 4) is 0 Å². The monoisotopic (exact) mass is 701 g/mol. The summed E-state index contributed by atoms with van der Waals surface area (Å²) in [5, 5.41) is 27.2. The summed E-state index contributed by atoms with van der Waals surface area (Å²) in [7, 11) is 0. The van der Waals surface area contributed by atoms with Gasteiger partial charge in [-0.1, -0.05) is 38.6 Å². The van der Waals surface area contributed by atoms with Gasteiger partial charge in [-0.05, 0) is 69.0 Å². The second-order valence-corrected chi connectivity index (χ2v) is 13.7. The Labute approximate surface area is 295 Å². The fourth-order valence-corrected chi connectivity index (χ4v) is 5.51. The van der Waals surface area contributed by atoms with Crippen molar-refractivity contribution >= 4 is 46.8 Å². The molecule has 1 aliphatic rings. The highest BCUT2D eigenvalue weighted by molar-refractivity contribution is 6.06. The molecule has 0 unspecified atom stereocenters. The van der Waals surface area contributed by atoms with E-state index < -0.39 is 35.4 Å². The van der Waals surface area contributed by atoms with Gasteiger partial charge in [0.25, 0.3) is 11.8 Å². The van der Waals surface area contributed by atoms with E-state index in [2.05, 4.69) is 46.8 Å². The number of anilines is 4. The van der Waals surface area contributed by atoms with Crippen LogP contribution in [0.15, 0.2) is 67.1 Å². The van der Waals surface area contributed by atoms with Crippen LogP contribution >= 0.6 is 0 Å². The van der Waals surface area contributed by atoms with Crippen LogP contribution in [0.5, 0.6) is 0 Å². The van der Waals surface area contributed by atoms with Crippen LogP contribution in [0.25, 0.3) is 5.65 Å². The Morgan fingerprint density at radius 3 is 2.47 bits per heavy atom. The molecule has 2 atom stereocenters. The molecule has 51 heavy (non-hydrogen) atoms. The van der Waals surface area contributed by atoms with Crippen LogP contribution in [0.1, 0.15) is 68.4 Å². The average molecular weight is 702 g/mol. The van der Waals surface area contributed by atoms with E-state index in [9.17, 15) is 23.9 Å². The number of hydrogen-bond acceptors (Lipinski definition) is 10. The van der Waals surface area contributed by atoms with E-state index in [1.54, 1.807) is 35.0 Å². The number of nitrogens with zero attached hydrogens (tertiary/aromatic N) is 5. The number of β-amino-alcohol motifs (C(OH)–C–C–N with tert-alkyl or cyclic N) is 1. The lowest BCUT2D eigenvalue weighted by Crippen LogP contribution is -2.49. The van der Waals surface area contributed by atoms with Crippen LogP contribution in [-0.4, -0.2) is 78.8 Å². The summed E-state index contributed by atoms with van der Waals surface area (Å²) in [4.78, 5) is 48.2. The van der Waals surface area contributed by atoms with Gasteiger partial charge in [0, 0.05) is 48.1 Å². The van der Waals surface area contributed by atoms with Crippen molar-refractivity contribution in [3.63, 3.8) is 0 Å². The predicted molar refractivity (Wildman–Crippen MR) is 192 cm³/mol. The number of aliphatic hydroxyl groups is 1. The topological polar surface area (TPSA) is 175 Å². The first-order chi connectivity index (χ1) is 24.2. The third-order valence-electron chi connectivity index (χ3n) is 8.18. The molecule has 3 amide bonds. The lowest BCUT2D eigenvalue weighted by atomic mass is 9.94. The molecule has 5 N–H and O–H groups in total. The molecule has 2 aromatic carbocycles. The summed E-state index contributed by atoms with van der Waals surface area (Å²) in [6.45, 7) is 13.9. The number of benzene rings is 2. The molecule has 0 spiro atoms. The second-order valence-electron chi connectivity index (χ2n) is 13.7. The first-order valence-corrected chi connectivity index (χ1v) is 16.7. The lowest BCUT2D eigenvalue weighted by Gasteiger charge is -2.36. The number of rotatable bonds is 11. The van der Waals surface area contributed by atoms with Crippen molar-refractivity contribution in [3.05, 3.63) is 83.8 Å². The number of hydrogen-bond donors (Lipinski definition) is 5. The smallest absolute Gasteiger partial charge is 0.410 e. The Hall–Kier alpha value is -5.57. The van der Waals surface area contributed by atoms with Gasteiger partial charge < -0.3 is 36.0 Å². The number of ether oxygens (including phenoxy) is 1. The van der Waals surface area contributed by atoms with Crippen LogP contribution in [-0.2, 0) is 16.1 Å². The maximum absolute atomic E-state index is 13.1. The minimum Gasteiger partial charge on any atom is -0.444 e. The van der Waals surface area contributed by atoms with E-state index in [1.807, 2.05) is 39.0 Å². The number of fused-ring (bicyclic) bond motifs is 1. The third-order valence-corrected chi connectivity index (χ3v) is 8.18. The molecule has 2 aromatic heterocycles. The molecule has 5 rings (SSSR count). The summed E-state index contributed by atoms with van der Waals surface area (Å²) >= 11 is 0. The molecule has 270 valence electrons. The number of piperidine rings is 1. The van der Waals surface area contributed by atoms with E-state index in [-0.39, 0.29) is 29.6 Å². The Morgan fingerprint density at radius 1 is 1.06 bits per heavy atom. The fraction of sp³-hybridized carbons (Fsp3) is 0.389. The minimum absolute atomic E-state index is 0.135. The van der Waals surface area contributed by atoms with E-state index in [4.69, 9.17) is 14.7 Å². The average Bonchev–Trinajstić information content (AvgIpc) is 3.51. The van der Waals surface area contributed by atoms with E-state index >= 15 is 0 Å². The summed E-state index contributed by atoms with van der Waals surface area (Å²) in [6.07, 6.45) is 1.16. The van der Waals surface area contributed by atoms with E-state index in [0.29, 0.717) is 49.3 Å². The number of likely N-dealkylation sites (tertiary alicyclic amines) is 1. The number of aromatic nitrogens is 4. The second kappa shape index (κ2) is 15.5. The Morgan fingerprint density at radius 2 is 1.78 bits per heavy atom. The van der Waals surface area contributed by atoms with E-state index in [0.717, 1.165) is 11.1 Å². The van der Waals surface area contributed by atoms with Gasteiger partial charge in [-0.15, -0.1) is 0 Å². The van der Waals surface area contributed by atoms with Crippen LogP contribution < -0.4 is 21.3 Å². The Kier molecular flexibility index (Phi) is 11.2. The summed E-state index contributed by atoms with van der Waals surface area (Å²) in [5.41, 5.74) is 2.87. The Balaban J connectivity index is 1.25. The van der Waals surface area contributed by atoms with Gasteiger partial charge in [0.15, 0.2) is 11.5 Å². The summed E-state index contributed by atoms with van der Waals surface area (Å²) in [6, 6.07) is 13.4. The van der Waals surface area contributed by atoms with Gasteiger partial charge in [0.05, 0.1) is 18.8 Å². The molecule has 0 radical (unpaired) electrons. The zero-order valence-electron chi connectivity index (χ0n) is 29.4. The molecule has 14 nitrogen and oxygen atoms in total. The molecule has 1 aliphatic heterocycles. The molecule has 4 aromatic rings. The van der Waals surface area contributed by atoms with Gasteiger partial charge in [0.1, 0.15) is 5.60 Å². The number of nitrogens with one attached hydrogen (secondary N) is 4. The molecular weight excluding hydrogens is 657 g/mol. The highest BCUT2D eigenvalue weighted by Gasteiger charge is 2.32. The van der Waals surface area contributed by atoms with Gasteiger partial charge in [0.2, 0.25) is 11.9 Å². The molecule has 15 heteroatoms. The normalized spacial score (nSPS) is 16.1. The largest absolute Gasteiger partial charge is 0.444 e. The van der Waals surface area contributed by atoms with Crippen molar-refractivity contribution in [1.82, 2.24) is 24.5 Å². The van der Waals surface area contributed by atoms with Gasteiger partial charge in [-0.25, -0.2) is 9.18 Å². The number of amides is 3. The number of halogens is 1. The molecular formula is C36H44FN9O5. The SMILES string of the molecule is C=C(F)C(=O)Nc1cccc(C(=O)Nc2cccc(CNc3nc(NC[C@H]4CCN(C(=O)OC(C)(C)C)C[C@@H]4O)nc4c(C(C)C)cnn34)c2)c1. The highest BCUT2D eigenvalue weighted by atomic mass is 19.1. The van der Waals surface area contributed by atoms with Crippen LogP contribution in [0.2, 0.25) is 0 Å². The molecule has 0 aliphatic carbocycles. The lowest BCUT2D eigenvalue weighted by molar-refractivity contribution is -0.114. The van der Waals surface area contributed by atoms with Gasteiger partial charge >= 0.3 is 6.09 Å². The van der Waals surface area contributed by atoms with Gasteiger partial charge in [-0.3, -0.25) is 9.59 Å². The van der Waals surface area contributed by atoms with Crippen molar-refractivity contribution in [2.45, 2.75) is 65.2 Å². The molecule has 1 fully saturated rings. The van der Waals surface area contributed by atoms with Crippen LogP contribution in [0.4, 0.5) is 32.5 Å². The molecule has 3 heterocycles. The standard InChI is InChI=1S/C36H44FN9O5/c1-21(2)28-19-40-46-30(28)43-33(38-18-25-13-14-45(20-29(25)47)35(50)51-36(4,5)6)44-34(46)39-17-23-9-7-11-26(15-23)42-32(49)24-10-8-12-27(16-24)41-31(48)22(3)37/h7-12,15-16,19,21,25,29,47H,3,13-14,17-18,20H2,1-2,4-6H3,(H,41,48)(H,42,49)(H2,38,39,43,44)/t25-,29+/m1/s1. The van der Waals surface area contributed by atoms with Crippen LogP contribution in [0, 0.1) is 5.92 Å². The third kappa shape index (κ3) is 9.57. The van der Waals surface area contributed by atoms with Crippen molar-refractivity contribution in [2.75, 3.05) is 40.9 Å². The van der Waals surface area contributed by atoms with Crippen LogP contribution in [0.3, 0.4) is 0 Å². The maximum Gasteiger partial charge on any atom is 0.410 e. The first kappa shape index (κ1) is 36.7. The maximum atomic E-state index is 13.1. The molecule has 0 saturated carbocycles. The van der Waals surface area contributed by atoms with Crippen molar-refractivity contribution in [1.29, 1.82) is 0 Å². The molecule has 0 bridgehead atoms. The predicted octanol–water partition coefficient (Wildman–Crippen LogP) is 5.56. The Bertz CT molecular complexity index is 1920.